The van der Waals surface area contributed by atoms with Crippen molar-refractivity contribution in [3.8, 4) is 5.69 Å². The minimum atomic E-state index is -3.34. The highest BCUT2D eigenvalue weighted by molar-refractivity contribution is 7.92. The number of hydrogen-bond donors (Lipinski definition) is 2. The van der Waals surface area contributed by atoms with Gasteiger partial charge in [-0.3, -0.25) is 9.52 Å². The molecule has 0 saturated heterocycles. The first-order valence-electron chi connectivity index (χ1n) is 7.13. The lowest BCUT2D eigenvalue weighted by Crippen LogP contribution is -2.13. The molecule has 0 bridgehead atoms. The van der Waals surface area contributed by atoms with Crippen LogP contribution < -0.4 is 10.0 Å². The molecule has 0 fully saturated rings. The molecule has 128 valence electrons. The van der Waals surface area contributed by atoms with E-state index in [1.54, 1.807) is 48.5 Å². The average molecular weight is 358 g/mol. The molecule has 9 nitrogen and oxygen atoms in total. The number of anilines is 2. The molecular weight excluding hydrogens is 344 g/mol. The van der Waals surface area contributed by atoms with Crippen molar-refractivity contribution in [3.05, 3.63) is 60.4 Å². The van der Waals surface area contributed by atoms with Crippen LogP contribution in [0.4, 0.5) is 11.4 Å². The molecule has 0 aliphatic heterocycles. The van der Waals surface area contributed by atoms with E-state index in [-0.39, 0.29) is 5.91 Å². The van der Waals surface area contributed by atoms with Gasteiger partial charge in [0.25, 0.3) is 5.91 Å². The second kappa shape index (κ2) is 6.69. The van der Waals surface area contributed by atoms with Gasteiger partial charge in [0.05, 0.1) is 11.9 Å². The summed E-state index contributed by atoms with van der Waals surface area (Å²) < 4.78 is 26.2. The van der Waals surface area contributed by atoms with Crippen LogP contribution in [0.15, 0.2) is 54.9 Å². The van der Waals surface area contributed by atoms with Gasteiger partial charge in [0.1, 0.15) is 6.33 Å². The molecular formula is C15H14N6O3S. The normalized spacial score (nSPS) is 11.1. The van der Waals surface area contributed by atoms with Crippen molar-refractivity contribution < 1.29 is 13.2 Å². The molecule has 10 heteroatoms. The highest BCUT2D eigenvalue weighted by Gasteiger charge is 2.09. The molecule has 3 aromatic rings. The Kier molecular flexibility index (Phi) is 4.44. The first-order chi connectivity index (χ1) is 11.9. The predicted octanol–water partition coefficient (Wildman–Crippen LogP) is 1.29. The zero-order valence-corrected chi connectivity index (χ0v) is 13.9. The van der Waals surface area contributed by atoms with E-state index < -0.39 is 10.0 Å². The van der Waals surface area contributed by atoms with Gasteiger partial charge in [-0.2, -0.15) is 0 Å². The zero-order valence-electron chi connectivity index (χ0n) is 13.1. The molecule has 0 atom stereocenters. The van der Waals surface area contributed by atoms with E-state index in [0.717, 1.165) is 6.26 Å². The molecule has 2 N–H and O–H groups in total. The van der Waals surface area contributed by atoms with Crippen LogP contribution in [-0.2, 0) is 10.0 Å². The van der Waals surface area contributed by atoms with Crippen molar-refractivity contribution >= 4 is 27.3 Å². The van der Waals surface area contributed by atoms with Crippen molar-refractivity contribution in [1.82, 2.24) is 20.2 Å². The fraction of sp³-hybridized carbons (Fsp3) is 0.0667. The number of nitrogens with one attached hydrogen (secondary N) is 2. The van der Waals surface area contributed by atoms with Crippen LogP contribution in [-0.4, -0.2) is 40.8 Å². The van der Waals surface area contributed by atoms with Gasteiger partial charge in [-0.1, -0.05) is 6.07 Å². The lowest BCUT2D eigenvalue weighted by molar-refractivity contribution is 0.102. The van der Waals surface area contributed by atoms with Crippen molar-refractivity contribution in [2.45, 2.75) is 0 Å². The van der Waals surface area contributed by atoms with E-state index in [0.29, 0.717) is 22.6 Å². The van der Waals surface area contributed by atoms with Crippen molar-refractivity contribution in [3.63, 3.8) is 0 Å². The third-order valence-electron chi connectivity index (χ3n) is 3.17. The number of nitrogens with zero attached hydrogens (tertiary/aromatic N) is 4. The SMILES string of the molecule is CS(=O)(=O)Nc1ccc(NC(=O)c2cccc(-n3cnnn3)c2)cc1. The number of aromatic nitrogens is 4. The molecule has 1 amide bonds. The quantitative estimate of drug-likeness (QED) is 0.709. The van der Waals surface area contributed by atoms with E-state index >= 15 is 0 Å². The van der Waals surface area contributed by atoms with E-state index in [9.17, 15) is 13.2 Å². The molecule has 0 aliphatic carbocycles. The first kappa shape index (κ1) is 16.6. The van der Waals surface area contributed by atoms with E-state index in [1.807, 2.05) is 0 Å². The molecule has 1 aromatic heterocycles. The van der Waals surface area contributed by atoms with Crippen LogP contribution in [0.1, 0.15) is 10.4 Å². The summed E-state index contributed by atoms with van der Waals surface area (Å²) in [5, 5.41) is 13.6. The highest BCUT2D eigenvalue weighted by Crippen LogP contribution is 2.16. The Morgan fingerprint density at radius 1 is 1.08 bits per heavy atom. The number of carbonyl (C=O) groups excluding carboxylic acids is 1. The van der Waals surface area contributed by atoms with Gasteiger partial charge in [-0.05, 0) is 52.9 Å². The predicted molar refractivity (Wildman–Crippen MR) is 92.0 cm³/mol. The number of amides is 1. The van der Waals surface area contributed by atoms with Crippen LogP contribution >= 0.6 is 0 Å². The zero-order chi connectivity index (χ0) is 17.9. The maximum Gasteiger partial charge on any atom is 0.255 e. The van der Waals surface area contributed by atoms with Gasteiger partial charge in [-0.25, -0.2) is 13.1 Å². The molecule has 0 radical (unpaired) electrons. The summed E-state index contributed by atoms with van der Waals surface area (Å²) in [7, 11) is -3.34. The van der Waals surface area contributed by atoms with Gasteiger partial charge in [-0.15, -0.1) is 5.10 Å². The second-order valence-corrected chi connectivity index (χ2v) is 6.96. The summed E-state index contributed by atoms with van der Waals surface area (Å²) in [6.45, 7) is 0. The summed E-state index contributed by atoms with van der Waals surface area (Å²) in [6.07, 6.45) is 2.50. The average Bonchev–Trinajstić information content (AvgIpc) is 3.10. The Hall–Kier alpha value is -3.27. The standard InChI is InChI=1S/C15H14N6O3S/c1-25(23,24)18-13-7-5-12(6-8-13)17-15(22)11-3-2-4-14(9-11)21-10-16-19-20-21/h2-10,18H,1H3,(H,17,22). The number of hydrogen-bond acceptors (Lipinski definition) is 6. The van der Waals surface area contributed by atoms with Crippen LogP contribution in [0.5, 0.6) is 0 Å². The largest absolute Gasteiger partial charge is 0.322 e. The maximum absolute atomic E-state index is 12.4. The lowest BCUT2D eigenvalue weighted by atomic mass is 10.2. The number of benzene rings is 2. The summed E-state index contributed by atoms with van der Waals surface area (Å²) in [5.41, 5.74) is 2.05. The molecule has 2 aromatic carbocycles. The monoisotopic (exact) mass is 358 g/mol. The van der Waals surface area contributed by atoms with Crippen molar-refractivity contribution in [1.29, 1.82) is 0 Å². The van der Waals surface area contributed by atoms with Crippen LogP contribution in [0.3, 0.4) is 0 Å². The van der Waals surface area contributed by atoms with E-state index in [4.69, 9.17) is 0 Å². The van der Waals surface area contributed by atoms with E-state index in [1.165, 1.54) is 11.0 Å². The molecule has 0 aliphatic rings. The summed E-state index contributed by atoms with van der Waals surface area (Å²) >= 11 is 0. The van der Waals surface area contributed by atoms with Gasteiger partial charge >= 0.3 is 0 Å². The van der Waals surface area contributed by atoms with Crippen LogP contribution in [0.2, 0.25) is 0 Å². The van der Waals surface area contributed by atoms with Gasteiger partial charge in [0.2, 0.25) is 10.0 Å². The molecule has 0 spiro atoms. The molecule has 3 rings (SSSR count). The summed E-state index contributed by atoms with van der Waals surface area (Å²) in [4.78, 5) is 12.4. The molecule has 25 heavy (non-hydrogen) atoms. The van der Waals surface area contributed by atoms with Crippen molar-refractivity contribution in [2.24, 2.45) is 0 Å². The Morgan fingerprint density at radius 2 is 1.80 bits per heavy atom. The minimum Gasteiger partial charge on any atom is -0.322 e. The minimum absolute atomic E-state index is 0.307. The van der Waals surface area contributed by atoms with Gasteiger partial charge < -0.3 is 5.32 Å². The number of tetrazole rings is 1. The first-order valence-corrected chi connectivity index (χ1v) is 9.02. The number of sulfonamides is 1. The third kappa shape index (κ3) is 4.38. The Labute approximate surface area is 143 Å². The van der Waals surface area contributed by atoms with Gasteiger partial charge in [0, 0.05) is 16.9 Å². The molecule has 0 saturated carbocycles. The summed E-state index contributed by atoms with van der Waals surface area (Å²) in [6, 6.07) is 13.2. The highest BCUT2D eigenvalue weighted by atomic mass is 32.2. The Bertz CT molecular complexity index is 984. The third-order valence-corrected chi connectivity index (χ3v) is 3.77. The topological polar surface area (TPSA) is 119 Å². The lowest BCUT2D eigenvalue weighted by Gasteiger charge is -2.08. The van der Waals surface area contributed by atoms with Crippen LogP contribution in [0, 0.1) is 0 Å². The molecule has 0 unspecified atom stereocenters. The molecule has 1 heterocycles. The van der Waals surface area contributed by atoms with Crippen LogP contribution in [0.25, 0.3) is 5.69 Å². The smallest absolute Gasteiger partial charge is 0.255 e. The second-order valence-electron chi connectivity index (χ2n) is 5.21. The number of carbonyl (C=O) groups is 1. The summed E-state index contributed by atoms with van der Waals surface area (Å²) in [5.74, 6) is -0.307. The van der Waals surface area contributed by atoms with Gasteiger partial charge in [0.15, 0.2) is 0 Å². The Morgan fingerprint density at radius 3 is 2.44 bits per heavy atom. The fourth-order valence-electron chi connectivity index (χ4n) is 2.11. The number of rotatable bonds is 5. The Balaban J connectivity index is 1.73. The fourth-order valence-corrected chi connectivity index (χ4v) is 2.67. The van der Waals surface area contributed by atoms with E-state index in [2.05, 4.69) is 25.6 Å². The van der Waals surface area contributed by atoms with Crippen molar-refractivity contribution in [2.75, 3.05) is 16.3 Å². The maximum atomic E-state index is 12.4.